The molecule has 1 amide bonds. The number of carbonyl (C=O) groups excluding carboxylic acids is 2. The Balaban J connectivity index is 3.73. The highest BCUT2D eigenvalue weighted by Crippen LogP contribution is 2.43. The van der Waals surface area contributed by atoms with Crippen molar-refractivity contribution >= 4 is 25.7 Å². The molecule has 0 aromatic rings. The lowest BCUT2D eigenvalue weighted by molar-refractivity contribution is -0.147. The van der Waals surface area contributed by atoms with E-state index in [1.54, 1.807) is 0 Å². The van der Waals surface area contributed by atoms with E-state index in [1.807, 2.05) is 0 Å². The molecule has 0 aromatic carbocycles. The van der Waals surface area contributed by atoms with Crippen molar-refractivity contribution in [3.63, 3.8) is 0 Å². The Morgan fingerprint density at radius 2 is 0.708 bits per heavy atom. The second-order valence-electron chi connectivity index (χ2n) is 19.1. The number of hydrogen-bond acceptors (Lipinski definition) is 8. The zero-order valence-electron chi connectivity index (χ0n) is 42.3. The van der Waals surface area contributed by atoms with Gasteiger partial charge in [-0.2, -0.15) is 0 Å². The van der Waals surface area contributed by atoms with Gasteiger partial charge < -0.3 is 25.2 Å². The van der Waals surface area contributed by atoms with E-state index >= 15 is 0 Å². The van der Waals surface area contributed by atoms with Crippen molar-refractivity contribution < 1.29 is 47.8 Å². The van der Waals surface area contributed by atoms with Crippen molar-refractivity contribution in [1.82, 2.24) is 5.32 Å². The maximum Gasteiger partial charge on any atom is 0.472 e. The molecular formula is C53H104NO10P. The van der Waals surface area contributed by atoms with E-state index in [0.29, 0.717) is 12.8 Å². The number of aliphatic hydroxyl groups is 1. The van der Waals surface area contributed by atoms with Gasteiger partial charge >= 0.3 is 19.8 Å². The van der Waals surface area contributed by atoms with E-state index < -0.39 is 57.6 Å². The van der Waals surface area contributed by atoms with Crippen molar-refractivity contribution in [2.24, 2.45) is 0 Å². The van der Waals surface area contributed by atoms with Crippen molar-refractivity contribution in [3.05, 3.63) is 0 Å². The minimum Gasteiger partial charge on any atom is -0.480 e. The largest absolute Gasteiger partial charge is 0.480 e. The number of nitrogens with one attached hydrogen (secondary N) is 1. The lowest BCUT2D eigenvalue weighted by atomic mass is 10.0. The number of aliphatic hydroxyl groups excluding tert-OH is 1. The predicted octanol–water partition coefficient (Wildman–Crippen LogP) is 15.4. The Morgan fingerprint density at radius 1 is 0.431 bits per heavy atom. The number of amides is 1. The number of phosphoric acid groups is 1. The van der Waals surface area contributed by atoms with Gasteiger partial charge in [0.15, 0.2) is 6.04 Å². The minimum atomic E-state index is -4.76. The van der Waals surface area contributed by atoms with Gasteiger partial charge in [0.2, 0.25) is 5.91 Å². The standard InChI is InChI=1S/C53H104NO10P/c1-3-5-7-9-11-13-15-17-19-21-23-24-25-26-27-29-31-33-35-37-39-41-43-45-52(57)62-46-49(55)47-63-65(60,61)64-48-50(53(58)59)54-51(56)44-42-40-38-36-34-32-30-28-22-20-18-16-14-12-10-8-6-4-2/h49-50,55H,3-48H2,1-2H3,(H,54,56)(H,58,59)(H,60,61). The van der Waals surface area contributed by atoms with Crippen LogP contribution in [0.4, 0.5) is 0 Å². The Kier molecular flexibility index (Phi) is 47.8. The molecule has 0 fully saturated rings. The number of aliphatic carboxylic acids is 1. The fourth-order valence-corrected chi connectivity index (χ4v) is 9.15. The first-order chi connectivity index (χ1) is 31.6. The number of phosphoric ester groups is 1. The molecule has 11 nitrogen and oxygen atoms in total. The molecular weight excluding hydrogens is 842 g/mol. The first kappa shape index (κ1) is 63.5. The molecule has 4 N–H and O–H groups in total. The van der Waals surface area contributed by atoms with Crippen LogP contribution in [0.15, 0.2) is 0 Å². The van der Waals surface area contributed by atoms with Crippen LogP contribution >= 0.6 is 7.82 Å². The zero-order chi connectivity index (χ0) is 47.7. The van der Waals surface area contributed by atoms with Gasteiger partial charge in [-0.3, -0.25) is 18.6 Å². The number of unbranched alkanes of at least 4 members (excludes halogenated alkanes) is 39. The normalized spacial score (nSPS) is 13.4. The van der Waals surface area contributed by atoms with Gasteiger partial charge in [-0.1, -0.05) is 264 Å². The summed E-state index contributed by atoms with van der Waals surface area (Å²) in [6.45, 7) is 2.67. The number of esters is 1. The van der Waals surface area contributed by atoms with Crippen LogP contribution in [0.5, 0.6) is 0 Å². The second kappa shape index (κ2) is 48.9. The maximum absolute atomic E-state index is 12.4. The topological polar surface area (TPSA) is 169 Å². The molecule has 386 valence electrons. The quantitative estimate of drug-likeness (QED) is 0.0262. The fourth-order valence-electron chi connectivity index (χ4n) is 8.38. The van der Waals surface area contributed by atoms with Gasteiger partial charge in [-0.25, -0.2) is 9.36 Å². The zero-order valence-corrected chi connectivity index (χ0v) is 43.2. The summed E-state index contributed by atoms with van der Waals surface area (Å²) >= 11 is 0. The van der Waals surface area contributed by atoms with E-state index in [0.717, 1.165) is 38.5 Å². The van der Waals surface area contributed by atoms with Gasteiger partial charge in [0.25, 0.3) is 0 Å². The summed E-state index contributed by atoms with van der Waals surface area (Å²) in [6.07, 6.45) is 51.3. The molecule has 0 aromatic heterocycles. The molecule has 0 spiro atoms. The van der Waals surface area contributed by atoms with E-state index in [9.17, 15) is 34.1 Å². The summed E-state index contributed by atoms with van der Waals surface area (Å²) in [7, 11) is -4.76. The summed E-state index contributed by atoms with van der Waals surface area (Å²) < 4.78 is 27.0. The molecule has 12 heteroatoms. The second-order valence-corrected chi connectivity index (χ2v) is 20.6. The molecule has 0 aliphatic heterocycles. The van der Waals surface area contributed by atoms with Crippen LogP contribution in [0.2, 0.25) is 0 Å². The van der Waals surface area contributed by atoms with Crippen LogP contribution in [0.3, 0.4) is 0 Å². The molecule has 3 unspecified atom stereocenters. The SMILES string of the molecule is CCCCCCCCCCCCCCCCCCCCCCCCCC(=O)OCC(O)COP(=O)(O)OCC(NC(=O)CCCCCCCCCCCCCCCCCCCC)C(=O)O. The average molecular weight is 946 g/mol. The van der Waals surface area contributed by atoms with Gasteiger partial charge in [-0.05, 0) is 12.8 Å². The molecule has 0 saturated heterocycles. The third-order valence-corrected chi connectivity index (χ3v) is 13.6. The number of carboxylic acid groups (broad SMARTS) is 1. The maximum atomic E-state index is 12.4. The van der Waals surface area contributed by atoms with E-state index in [2.05, 4.69) is 19.2 Å². The van der Waals surface area contributed by atoms with Crippen LogP contribution < -0.4 is 5.32 Å². The predicted molar refractivity (Wildman–Crippen MR) is 268 cm³/mol. The Bertz CT molecular complexity index is 1110. The molecule has 0 heterocycles. The minimum absolute atomic E-state index is 0.153. The number of ether oxygens (including phenoxy) is 1. The lowest BCUT2D eigenvalue weighted by Gasteiger charge is -2.18. The number of carboxylic acids is 1. The van der Waals surface area contributed by atoms with Crippen molar-refractivity contribution in [2.75, 3.05) is 19.8 Å². The summed E-state index contributed by atoms with van der Waals surface area (Å²) in [4.78, 5) is 46.2. The van der Waals surface area contributed by atoms with E-state index in [-0.39, 0.29) is 12.8 Å². The van der Waals surface area contributed by atoms with Gasteiger partial charge in [0, 0.05) is 12.8 Å². The van der Waals surface area contributed by atoms with Crippen LogP contribution in [-0.2, 0) is 32.7 Å². The summed E-state index contributed by atoms with van der Waals surface area (Å²) in [6, 6.07) is -1.54. The third kappa shape index (κ3) is 48.7. The van der Waals surface area contributed by atoms with Crippen molar-refractivity contribution in [1.29, 1.82) is 0 Å². The number of hydrogen-bond donors (Lipinski definition) is 4. The summed E-state index contributed by atoms with van der Waals surface area (Å²) in [5.41, 5.74) is 0. The first-order valence-electron chi connectivity index (χ1n) is 27.6. The highest BCUT2D eigenvalue weighted by atomic mass is 31.2. The molecule has 0 aliphatic rings. The lowest BCUT2D eigenvalue weighted by Crippen LogP contribution is -2.43. The monoisotopic (exact) mass is 946 g/mol. The smallest absolute Gasteiger partial charge is 0.472 e. The molecule has 0 radical (unpaired) electrons. The average Bonchev–Trinajstić information content (AvgIpc) is 3.28. The third-order valence-electron chi connectivity index (χ3n) is 12.6. The van der Waals surface area contributed by atoms with Crippen LogP contribution in [-0.4, -0.2) is 64.9 Å². The molecule has 0 rings (SSSR count). The Hall–Kier alpha value is -1.52. The van der Waals surface area contributed by atoms with Crippen LogP contribution in [0.1, 0.15) is 290 Å². The first-order valence-corrected chi connectivity index (χ1v) is 29.1. The van der Waals surface area contributed by atoms with E-state index in [1.165, 1.54) is 212 Å². The molecule has 3 atom stereocenters. The number of rotatable bonds is 53. The molecule has 0 bridgehead atoms. The van der Waals surface area contributed by atoms with Crippen LogP contribution in [0.25, 0.3) is 0 Å². The highest BCUT2D eigenvalue weighted by molar-refractivity contribution is 7.47. The Morgan fingerprint density at radius 3 is 1.02 bits per heavy atom. The molecule has 65 heavy (non-hydrogen) atoms. The molecule has 0 saturated carbocycles. The van der Waals surface area contributed by atoms with Crippen LogP contribution in [0, 0.1) is 0 Å². The van der Waals surface area contributed by atoms with Gasteiger partial charge in [0.05, 0.1) is 13.2 Å². The van der Waals surface area contributed by atoms with Crippen molar-refractivity contribution in [2.45, 2.75) is 302 Å². The Labute approximate surface area is 399 Å². The summed E-state index contributed by atoms with van der Waals surface area (Å²) in [5, 5.41) is 22.0. The van der Waals surface area contributed by atoms with Gasteiger partial charge in [0.1, 0.15) is 12.7 Å². The summed E-state index contributed by atoms with van der Waals surface area (Å²) in [5.74, 6) is -2.34. The molecule has 0 aliphatic carbocycles. The van der Waals surface area contributed by atoms with E-state index in [4.69, 9.17) is 13.8 Å². The van der Waals surface area contributed by atoms with Crippen molar-refractivity contribution in [3.8, 4) is 0 Å². The number of carbonyl (C=O) groups is 3. The van der Waals surface area contributed by atoms with Gasteiger partial charge in [-0.15, -0.1) is 0 Å². The fraction of sp³-hybridized carbons (Fsp3) is 0.943. The highest BCUT2D eigenvalue weighted by Gasteiger charge is 2.28.